The van der Waals surface area contributed by atoms with Crippen LogP contribution in [0.3, 0.4) is 0 Å². The molecule has 3 aromatic rings. The zero-order chi connectivity index (χ0) is 26.6. The Kier molecular flexibility index (Phi) is 6.32. The number of para-hydroxylation sites is 1. The number of ether oxygens (including phenoxy) is 2. The largest absolute Gasteiger partial charge is 0.493 e. The van der Waals surface area contributed by atoms with Crippen LogP contribution in [-0.4, -0.2) is 41.5 Å². The van der Waals surface area contributed by atoms with E-state index < -0.39 is 17.5 Å². The van der Waals surface area contributed by atoms with Crippen molar-refractivity contribution in [1.29, 1.82) is 0 Å². The number of hydrogen-bond acceptors (Lipinski definition) is 6. The lowest BCUT2D eigenvalue weighted by molar-refractivity contribution is -0.534. The normalized spacial score (nSPS) is 25.8. The average molecular weight is 599 g/mol. The second kappa shape index (κ2) is 9.55. The number of benzene rings is 3. The smallest absolute Gasteiger partial charge is 0.256 e. The Balaban J connectivity index is 1.43. The van der Waals surface area contributed by atoms with Crippen LogP contribution < -0.4 is 14.8 Å². The number of nitrogens with one attached hydrogen (secondary N) is 1. The Hall–Kier alpha value is -3.14. The van der Waals surface area contributed by atoms with E-state index in [1.54, 1.807) is 13.2 Å². The van der Waals surface area contributed by atoms with Gasteiger partial charge < -0.3 is 14.8 Å². The lowest BCUT2D eigenvalue weighted by Crippen LogP contribution is -2.55. The van der Waals surface area contributed by atoms with Gasteiger partial charge in [-0.05, 0) is 70.2 Å². The van der Waals surface area contributed by atoms with Gasteiger partial charge in [-0.15, -0.1) is 0 Å². The molecule has 0 aliphatic carbocycles. The van der Waals surface area contributed by atoms with Crippen molar-refractivity contribution in [2.45, 2.75) is 43.0 Å². The zero-order valence-corrected chi connectivity index (χ0v) is 22.9. The summed E-state index contributed by atoms with van der Waals surface area (Å²) in [5, 5.41) is 16.4. The number of fused-ring (bicyclic) bond motifs is 4. The third-order valence-electron chi connectivity index (χ3n) is 8.00. The van der Waals surface area contributed by atoms with Crippen molar-refractivity contribution >= 4 is 39.1 Å². The fourth-order valence-corrected chi connectivity index (χ4v) is 7.42. The summed E-state index contributed by atoms with van der Waals surface area (Å²) < 4.78 is 12.4. The Morgan fingerprint density at radius 3 is 2.79 bits per heavy atom. The minimum absolute atomic E-state index is 0.169. The van der Waals surface area contributed by atoms with Crippen LogP contribution >= 0.6 is 27.5 Å². The highest BCUT2D eigenvalue weighted by molar-refractivity contribution is 9.10. The Bertz CT molecular complexity index is 1450. The summed E-state index contributed by atoms with van der Waals surface area (Å²) >= 11 is 9.73. The maximum atomic E-state index is 13.7. The van der Waals surface area contributed by atoms with E-state index in [2.05, 4.69) is 26.1 Å². The topological polar surface area (TPSA) is 93.9 Å². The summed E-state index contributed by atoms with van der Waals surface area (Å²) in [5.41, 5.74) is 1.58. The third-order valence-corrected chi connectivity index (χ3v) is 8.83. The number of rotatable bonds is 6. The molecule has 10 heteroatoms. The van der Waals surface area contributed by atoms with E-state index in [1.165, 1.54) is 0 Å². The lowest BCUT2D eigenvalue weighted by Gasteiger charge is -2.32. The zero-order valence-electron chi connectivity index (χ0n) is 20.5. The van der Waals surface area contributed by atoms with E-state index in [9.17, 15) is 14.9 Å². The van der Waals surface area contributed by atoms with Gasteiger partial charge >= 0.3 is 0 Å². The van der Waals surface area contributed by atoms with Gasteiger partial charge in [0.05, 0.1) is 17.5 Å². The molecule has 0 unspecified atom stereocenters. The standard InChI is InChI=1S/C28H25BrClN3O5/c1-37-23-14-17(13-20(29)25(23)38-15-16-6-4-7-18(30)12-16)24-22-10-5-11-32(22)28(26(24)33(35)36)19-8-2-3-9-21(19)31-27(28)34/h2-4,6-9,12-14,22,24,26H,5,10-11,15H2,1H3,(H,31,34)/t22-,24+,26-,28-/m0/s1. The molecular weight excluding hydrogens is 574 g/mol. The molecule has 196 valence electrons. The lowest BCUT2D eigenvalue weighted by atomic mass is 9.77. The van der Waals surface area contributed by atoms with Gasteiger partial charge in [0.15, 0.2) is 17.0 Å². The summed E-state index contributed by atoms with van der Waals surface area (Å²) in [6.45, 7) is 0.888. The quantitative estimate of drug-likeness (QED) is 0.287. The first-order valence-corrected chi connectivity index (χ1v) is 13.6. The average Bonchev–Trinajstić information content (AvgIpc) is 3.56. The fourth-order valence-electron chi connectivity index (χ4n) is 6.63. The van der Waals surface area contributed by atoms with Crippen LogP contribution in [0.2, 0.25) is 5.02 Å². The van der Waals surface area contributed by atoms with E-state index in [0.717, 1.165) is 24.0 Å². The minimum Gasteiger partial charge on any atom is -0.493 e. The molecule has 2 fully saturated rings. The number of methoxy groups -OCH3 is 1. The predicted octanol–water partition coefficient (Wildman–Crippen LogP) is 5.74. The summed E-state index contributed by atoms with van der Waals surface area (Å²) in [4.78, 5) is 28.3. The van der Waals surface area contributed by atoms with Crippen LogP contribution in [0.4, 0.5) is 5.69 Å². The summed E-state index contributed by atoms with van der Waals surface area (Å²) in [5.74, 6) is 0.0907. The summed E-state index contributed by atoms with van der Waals surface area (Å²) in [6.07, 6.45) is 1.63. The van der Waals surface area contributed by atoms with Gasteiger partial charge in [0, 0.05) is 33.8 Å². The number of anilines is 1. The number of carbonyl (C=O) groups is 1. The molecule has 0 aromatic heterocycles. The molecule has 2 saturated heterocycles. The third kappa shape index (κ3) is 3.71. The molecule has 0 bridgehead atoms. The highest BCUT2D eigenvalue weighted by atomic mass is 79.9. The van der Waals surface area contributed by atoms with Crippen molar-refractivity contribution in [3.63, 3.8) is 0 Å². The van der Waals surface area contributed by atoms with Crippen molar-refractivity contribution < 1.29 is 19.2 Å². The molecular formula is C28H25BrClN3O5. The second-order valence-corrected chi connectivity index (χ2v) is 11.2. The first-order valence-electron chi connectivity index (χ1n) is 12.4. The number of halogens is 2. The van der Waals surface area contributed by atoms with Crippen molar-refractivity contribution in [2.75, 3.05) is 19.0 Å². The van der Waals surface area contributed by atoms with Crippen LogP contribution in [0.25, 0.3) is 0 Å². The van der Waals surface area contributed by atoms with Gasteiger partial charge in [-0.2, -0.15) is 0 Å². The molecule has 3 heterocycles. The number of hydrogen-bond donors (Lipinski definition) is 1. The minimum atomic E-state index is -1.37. The van der Waals surface area contributed by atoms with Crippen LogP contribution in [0.15, 0.2) is 65.1 Å². The van der Waals surface area contributed by atoms with Gasteiger partial charge in [-0.3, -0.25) is 19.8 Å². The van der Waals surface area contributed by atoms with Crippen molar-refractivity contribution in [1.82, 2.24) is 4.90 Å². The number of carbonyl (C=O) groups excluding carboxylic acids is 1. The van der Waals surface area contributed by atoms with Crippen LogP contribution in [0.1, 0.15) is 35.4 Å². The molecule has 1 N–H and O–H groups in total. The van der Waals surface area contributed by atoms with E-state index in [0.29, 0.717) is 38.8 Å². The van der Waals surface area contributed by atoms with Gasteiger partial charge in [-0.25, -0.2) is 0 Å². The molecule has 3 aliphatic heterocycles. The highest BCUT2D eigenvalue weighted by Crippen LogP contribution is 2.58. The maximum absolute atomic E-state index is 13.7. The molecule has 6 rings (SSSR count). The van der Waals surface area contributed by atoms with E-state index >= 15 is 0 Å². The van der Waals surface area contributed by atoms with E-state index in [-0.39, 0.29) is 23.5 Å². The van der Waals surface area contributed by atoms with Crippen LogP contribution in [-0.2, 0) is 16.9 Å². The maximum Gasteiger partial charge on any atom is 0.256 e. The Labute approximate surface area is 233 Å². The molecule has 8 nitrogen and oxygen atoms in total. The first kappa shape index (κ1) is 25.2. The Morgan fingerprint density at radius 2 is 2.03 bits per heavy atom. The Morgan fingerprint density at radius 1 is 1.21 bits per heavy atom. The SMILES string of the molecule is COc1cc([C@H]2[C@H]([N+](=O)[O-])[C@@]3(C(=O)Nc4ccccc43)N3CCC[C@@H]23)cc(Br)c1OCc1cccc(Cl)c1. The molecule has 4 atom stereocenters. The van der Waals surface area contributed by atoms with Gasteiger partial charge in [0.25, 0.3) is 11.9 Å². The van der Waals surface area contributed by atoms with E-state index in [4.69, 9.17) is 21.1 Å². The molecule has 0 radical (unpaired) electrons. The van der Waals surface area contributed by atoms with Crippen molar-refractivity contribution in [2.24, 2.45) is 0 Å². The van der Waals surface area contributed by atoms with Gasteiger partial charge in [0.1, 0.15) is 6.61 Å². The molecule has 3 aliphatic rings. The second-order valence-electron chi connectivity index (χ2n) is 9.88. The molecule has 1 amide bonds. The van der Waals surface area contributed by atoms with E-state index in [1.807, 2.05) is 54.6 Å². The molecule has 0 saturated carbocycles. The van der Waals surface area contributed by atoms with Gasteiger partial charge in [0.2, 0.25) is 0 Å². The van der Waals surface area contributed by atoms with Crippen LogP contribution in [0, 0.1) is 10.1 Å². The summed E-state index contributed by atoms with van der Waals surface area (Å²) in [6, 6.07) is 17.0. The monoisotopic (exact) mass is 597 g/mol. The number of nitrogens with zero attached hydrogens (tertiary/aromatic N) is 2. The van der Waals surface area contributed by atoms with Crippen LogP contribution in [0.5, 0.6) is 11.5 Å². The highest BCUT2D eigenvalue weighted by Gasteiger charge is 2.73. The predicted molar refractivity (Wildman–Crippen MR) is 146 cm³/mol. The molecule has 38 heavy (non-hydrogen) atoms. The summed E-state index contributed by atoms with van der Waals surface area (Å²) in [7, 11) is 1.54. The van der Waals surface area contributed by atoms with Gasteiger partial charge in [-0.1, -0.05) is 41.9 Å². The number of amides is 1. The molecule has 1 spiro atoms. The van der Waals surface area contributed by atoms with Crippen molar-refractivity contribution in [3.8, 4) is 11.5 Å². The fraction of sp³-hybridized carbons (Fsp3) is 0.321. The number of nitro groups is 1. The first-order chi connectivity index (χ1) is 18.4. The van der Waals surface area contributed by atoms with Crippen molar-refractivity contribution in [3.05, 3.63) is 97.0 Å². The molecule has 3 aromatic carbocycles.